The third-order valence-corrected chi connectivity index (χ3v) is 4.98. The quantitative estimate of drug-likeness (QED) is 0.814. The van der Waals surface area contributed by atoms with E-state index in [0.29, 0.717) is 30.6 Å². The Morgan fingerprint density at radius 3 is 3.08 bits per heavy atom. The summed E-state index contributed by atoms with van der Waals surface area (Å²) in [6.45, 7) is 3.77. The molecule has 2 atom stereocenters. The maximum Gasteiger partial charge on any atom is 0.256 e. The van der Waals surface area contributed by atoms with E-state index in [9.17, 15) is 14.7 Å². The van der Waals surface area contributed by atoms with E-state index in [1.807, 2.05) is 5.38 Å². The molecule has 0 aromatic carbocycles. The number of hydrogen-bond donors (Lipinski definition) is 2. The van der Waals surface area contributed by atoms with Crippen LogP contribution in [0.1, 0.15) is 41.8 Å². The van der Waals surface area contributed by atoms with E-state index < -0.39 is 6.10 Å². The number of nitrogens with zero attached hydrogens (tertiary/aromatic N) is 3. The molecule has 2 aromatic rings. The van der Waals surface area contributed by atoms with Gasteiger partial charge in [0.05, 0.1) is 11.8 Å². The predicted molar refractivity (Wildman–Crippen MR) is 94.2 cm³/mol. The summed E-state index contributed by atoms with van der Waals surface area (Å²) in [5.41, 5.74) is 1.14. The summed E-state index contributed by atoms with van der Waals surface area (Å²) in [5, 5.41) is 20.9. The standard InChI is InChI=1S/C17H22N4O3S/c1-2-5-21-9-13(8-18-21)16(23)19-14-3-6-20(10-14)17(24)15(22)12-4-7-25-11-12/h4,7-9,11,14-15,22H,2-3,5-6,10H2,1H3,(H,19,23)/t14-,15?/m1/s1. The molecule has 8 heteroatoms. The summed E-state index contributed by atoms with van der Waals surface area (Å²) in [4.78, 5) is 26.3. The van der Waals surface area contributed by atoms with Crippen molar-refractivity contribution in [2.75, 3.05) is 13.1 Å². The van der Waals surface area contributed by atoms with Crippen LogP contribution in [0.3, 0.4) is 0 Å². The zero-order valence-corrected chi connectivity index (χ0v) is 14.9. The van der Waals surface area contributed by atoms with Crippen molar-refractivity contribution in [3.63, 3.8) is 0 Å². The second-order valence-electron chi connectivity index (χ2n) is 6.19. The first kappa shape index (κ1) is 17.6. The molecule has 0 saturated carbocycles. The summed E-state index contributed by atoms with van der Waals surface area (Å²) in [6.07, 6.45) is 3.79. The Bertz CT molecular complexity index is 728. The molecule has 1 fully saturated rings. The fourth-order valence-electron chi connectivity index (χ4n) is 2.93. The molecule has 3 heterocycles. The molecule has 3 rings (SSSR count). The molecule has 1 aliphatic rings. The average Bonchev–Trinajstić information content (AvgIpc) is 3.35. The number of thiophene rings is 1. The molecular weight excluding hydrogens is 340 g/mol. The van der Waals surface area contributed by atoms with Crippen LogP contribution < -0.4 is 5.32 Å². The van der Waals surface area contributed by atoms with Crippen LogP contribution in [0.25, 0.3) is 0 Å². The number of rotatable bonds is 6. The third kappa shape index (κ3) is 4.08. The van der Waals surface area contributed by atoms with Crippen molar-refractivity contribution in [3.05, 3.63) is 40.3 Å². The van der Waals surface area contributed by atoms with Gasteiger partial charge in [0.25, 0.3) is 11.8 Å². The van der Waals surface area contributed by atoms with Crippen LogP contribution >= 0.6 is 11.3 Å². The van der Waals surface area contributed by atoms with Crippen molar-refractivity contribution in [3.8, 4) is 0 Å². The Balaban J connectivity index is 1.53. The van der Waals surface area contributed by atoms with E-state index >= 15 is 0 Å². The van der Waals surface area contributed by atoms with E-state index in [1.165, 1.54) is 11.3 Å². The molecule has 2 N–H and O–H groups in total. The molecular formula is C17H22N4O3S. The van der Waals surface area contributed by atoms with Gasteiger partial charge < -0.3 is 15.3 Å². The van der Waals surface area contributed by atoms with Crippen molar-refractivity contribution in [1.82, 2.24) is 20.0 Å². The first-order valence-corrected chi connectivity index (χ1v) is 9.35. The number of aliphatic hydroxyl groups excluding tert-OH is 1. The molecule has 2 amide bonds. The second kappa shape index (κ2) is 7.79. The molecule has 0 bridgehead atoms. The van der Waals surface area contributed by atoms with E-state index in [1.54, 1.807) is 33.4 Å². The van der Waals surface area contributed by atoms with Gasteiger partial charge in [0.1, 0.15) is 0 Å². The fraction of sp³-hybridized carbons (Fsp3) is 0.471. The number of hydrogen-bond acceptors (Lipinski definition) is 5. The lowest BCUT2D eigenvalue weighted by molar-refractivity contribution is -0.139. The Labute approximate surface area is 150 Å². The van der Waals surface area contributed by atoms with Crippen LogP contribution in [0.4, 0.5) is 0 Å². The lowest BCUT2D eigenvalue weighted by Crippen LogP contribution is -2.39. The van der Waals surface area contributed by atoms with Crippen molar-refractivity contribution in [2.45, 2.75) is 38.5 Å². The summed E-state index contributed by atoms with van der Waals surface area (Å²) >= 11 is 1.44. The second-order valence-corrected chi connectivity index (χ2v) is 6.97. The van der Waals surface area contributed by atoms with Crippen molar-refractivity contribution in [1.29, 1.82) is 0 Å². The minimum absolute atomic E-state index is 0.111. The highest BCUT2D eigenvalue weighted by atomic mass is 32.1. The molecule has 0 radical (unpaired) electrons. The Morgan fingerprint density at radius 2 is 2.36 bits per heavy atom. The normalized spacial score (nSPS) is 18.3. The van der Waals surface area contributed by atoms with Gasteiger partial charge in [-0.2, -0.15) is 16.4 Å². The monoisotopic (exact) mass is 362 g/mol. The van der Waals surface area contributed by atoms with Crippen LogP contribution in [0.2, 0.25) is 0 Å². The van der Waals surface area contributed by atoms with Gasteiger partial charge in [-0.05, 0) is 29.7 Å². The zero-order chi connectivity index (χ0) is 17.8. The highest BCUT2D eigenvalue weighted by molar-refractivity contribution is 7.08. The number of carbonyl (C=O) groups excluding carboxylic acids is 2. The molecule has 1 aliphatic heterocycles. The van der Waals surface area contributed by atoms with Crippen molar-refractivity contribution in [2.24, 2.45) is 0 Å². The number of carbonyl (C=O) groups is 2. The van der Waals surface area contributed by atoms with Gasteiger partial charge in [-0.1, -0.05) is 6.92 Å². The maximum absolute atomic E-state index is 12.4. The number of likely N-dealkylation sites (tertiary alicyclic amines) is 1. The average molecular weight is 362 g/mol. The van der Waals surface area contributed by atoms with Gasteiger partial charge >= 0.3 is 0 Å². The number of aryl methyl sites for hydroxylation is 1. The highest BCUT2D eigenvalue weighted by Crippen LogP contribution is 2.21. The summed E-state index contributed by atoms with van der Waals surface area (Å²) in [7, 11) is 0. The lowest BCUT2D eigenvalue weighted by Gasteiger charge is -2.20. The van der Waals surface area contributed by atoms with Gasteiger partial charge in [-0.25, -0.2) is 0 Å². The van der Waals surface area contributed by atoms with Gasteiger partial charge in [-0.3, -0.25) is 14.3 Å². The van der Waals surface area contributed by atoms with E-state index in [0.717, 1.165) is 13.0 Å². The van der Waals surface area contributed by atoms with Crippen molar-refractivity contribution < 1.29 is 14.7 Å². The van der Waals surface area contributed by atoms with E-state index in [2.05, 4.69) is 17.3 Å². The number of aromatic nitrogens is 2. The SMILES string of the molecule is CCCn1cc(C(=O)N[C@@H]2CCN(C(=O)C(O)c3ccsc3)C2)cn1. The van der Waals surface area contributed by atoms with Gasteiger partial charge in [0.2, 0.25) is 0 Å². The molecule has 0 aliphatic carbocycles. The molecule has 7 nitrogen and oxygen atoms in total. The Morgan fingerprint density at radius 1 is 1.52 bits per heavy atom. The Kier molecular flexibility index (Phi) is 5.50. The Hall–Kier alpha value is -2.19. The van der Waals surface area contributed by atoms with Crippen LogP contribution in [-0.2, 0) is 11.3 Å². The highest BCUT2D eigenvalue weighted by Gasteiger charge is 2.31. The smallest absolute Gasteiger partial charge is 0.256 e. The topological polar surface area (TPSA) is 87.5 Å². The predicted octanol–water partition coefficient (Wildman–Crippen LogP) is 1.42. The number of nitrogens with one attached hydrogen (secondary N) is 1. The van der Waals surface area contributed by atoms with Crippen LogP contribution in [0.5, 0.6) is 0 Å². The number of amides is 2. The van der Waals surface area contributed by atoms with Gasteiger partial charge in [-0.15, -0.1) is 0 Å². The first-order chi connectivity index (χ1) is 12.1. The molecule has 1 unspecified atom stereocenters. The van der Waals surface area contributed by atoms with Crippen molar-refractivity contribution >= 4 is 23.2 Å². The van der Waals surface area contributed by atoms with E-state index in [-0.39, 0.29) is 17.9 Å². The minimum atomic E-state index is -1.13. The maximum atomic E-state index is 12.4. The van der Waals surface area contributed by atoms with Gasteiger partial charge in [0.15, 0.2) is 6.10 Å². The number of aliphatic hydroxyl groups is 1. The molecule has 0 spiro atoms. The third-order valence-electron chi connectivity index (χ3n) is 4.28. The molecule has 1 saturated heterocycles. The van der Waals surface area contributed by atoms with Gasteiger partial charge in [0, 0.05) is 37.4 Å². The van der Waals surface area contributed by atoms with Crippen LogP contribution in [0, 0.1) is 0 Å². The van der Waals surface area contributed by atoms with Crippen LogP contribution in [-0.4, -0.2) is 50.7 Å². The van der Waals surface area contributed by atoms with Crippen LogP contribution in [0.15, 0.2) is 29.2 Å². The molecule has 134 valence electrons. The zero-order valence-electron chi connectivity index (χ0n) is 14.1. The lowest BCUT2D eigenvalue weighted by atomic mass is 10.2. The molecule has 25 heavy (non-hydrogen) atoms. The summed E-state index contributed by atoms with van der Waals surface area (Å²) in [6, 6.07) is 1.64. The largest absolute Gasteiger partial charge is 0.378 e. The summed E-state index contributed by atoms with van der Waals surface area (Å²) in [5.74, 6) is -0.494. The molecule has 2 aromatic heterocycles. The minimum Gasteiger partial charge on any atom is -0.378 e. The summed E-state index contributed by atoms with van der Waals surface area (Å²) < 4.78 is 1.75. The van der Waals surface area contributed by atoms with E-state index in [4.69, 9.17) is 0 Å². The fourth-order valence-corrected chi connectivity index (χ4v) is 3.60. The first-order valence-electron chi connectivity index (χ1n) is 8.40.